The third kappa shape index (κ3) is 7.77. The fraction of sp³-hybridized carbons (Fsp3) is 0.821. The number of amides is 5. The van der Waals surface area contributed by atoms with Crippen molar-refractivity contribution in [2.75, 3.05) is 46.6 Å². The average molecular weight is 598 g/mol. The Hall–Kier alpha value is -2.81. The zero-order valence-corrected chi connectivity index (χ0v) is 25.4. The van der Waals surface area contributed by atoms with E-state index in [0.29, 0.717) is 45.2 Å². The number of nitrogens with one attached hydrogen (secondary N) is 1. The number of carbonyl (C=O) groups is 5. The number of likely N-dealkylation sites (tertiary alicyclic amines) is 2. The minimum absolute atomic E-state index is 0.128. The number of hydrogen-bond donors (Lipinski definition) is 3. The van der Waals surface area contributed by atoms with Crippen molar-refractivity contribution < 1.29 is 43.3 Å². The molecule has 238 valence electrons. The number of hydrogen-bond acceptors (Lipinski definition) is 9. The maximum atomic E-state index is 13.6. The van der Waals surface area contributed by atoms with Gasteiger partial charge in [0.2, 0.25) is 29.4 Å². The molecule has 42 heavy (non-hydrogen) atoms. The highest BCUT2D eigenvalue weighted by molar-refractivity contribution is 6.04. The standard InChI is InChI=1S/C28H47N5O9/c1-18(16-22(29)35)40-14-15-41-27(2,3)10-13-42-28(4)26(39)33(28)21(17-34)25(38)32-12-7-9-20(32)24(37)31-11-6-8-19(31)23(36)30-5/h18-21,34H,6-17H2,1-5H3,(H2,29,35)(H,30,36). The van der Waals surface area contributed by atoms with Crippen molar-refractivity contribution in [2.45, 2.75) is 102 Å². The second kappa shape index (κ2) is 14.1. The molecule has 0 saturated carbocycles. The van der Waals surface area contributed by atoms with E-state index in [0.717, 1.165) is 0 Å². The summed E-state index contributed by atoms with van der Waals surface area (Å²) < 4.78 is 17.3. The summed E-state index contributed by atoms with van der Waals surface area (Å²) in [6.45, 7) is 7.92. The number of nitrogens with two attached hydrogens (primary N) is 1. The van der Waals surface area contributed by atoms with Gasteiger partial charge in [-0.2, -0.15) is 0 Å². The van der Waals surface area contributed by atoms with E-state index < -0.39 is 53.8 Å². The molecule has 3 aliphatic heterocycles. The van der Waals surface area contributed by atoms with E-state index >= 15 is 0 Å². The van der Waals surface area contributed by atoms with Crippen molar-refractivity contribution in [3.05, 3.63) is 0 Å². The fourth-order valence-electron chi connectivity index (χ4n) is 5.77. The van der Waals surface area contributed by atoms with Crippen LogP contribution in [0.5, 0.6) is 0 Å². The van der Waals surface area contributed by atoms with Gasteiger partial charge in [0.25, 0.3) is 5.91 Å². The Morgan fingerprint density at radius 2 is 1.74 bits per heavy atom. The molecule has 3 heterocycles. The summed E-state index contributed by atoms with van der Waals surface area (Å²) in [6, 6.07) is -2.50. The summed E-state index contributed by atoms with van der Waals surface area (Å²) in [6.07, 6.45) is 2.57. The van der Waals surface area contributed by atoms with E-state index in [-0.39, 0.29) is 44.2 Å². The number of nitrogens with zero attached hydrogens (tertiary/aromatic N) is 3. The summed E-state index contributed by atoms with van der Waals surface area (Å²) in [4.78, 5) is 67.3. The molecule has 0 aliphatic carbocycles. The normalized spacial score (nSPS) is 25.5. The molecule has 0 aromatic rings. The van der Waals surface area contributed by atoms with Crippen LogP contribution in [-0.2, 0) is 38.2 Å². The van der Waals surface area contributed by atoms with E-state index in [1.54, 1.807) is 13.8 Å². The second-order valence-electron chi connectivity index (χ2n) is 11.9. The van der Waals surface area contributed by atoms with Crippen molar-refractivity contribution in [3.8, 4) is 0 Å². The van der Waals surface area contributed by atoms with Crippen LogP contribution in [0.2, 0.25) is 0 Å². The number of rotatable bonds is 16. The third-order valence-corrected chi connectivity index (χ3v) is 8.26. The van der Waals surface area contributed by atoms with Crippen LogP contribution in [-0.4, -0.2) is 131 Å². The Bertz CT molecular complexity index is 1020. The van der Waals surface area contributed by atoms with Crippen molar-refractivity contribution in [2.24, 2.45) is 5.73 Å². The lowest BCUT2D eigenvalue weighted by molar-refractivity contribution is -0.149. The van der Waals surface area contributed by atoms with Crippen molar-refractivity contribution in [1.29, 1.82) is 0 Å². The average Bonchev–Trinajstić information content (AvgIpc) is 3.39. The quantitative estimate of drug-likeness (QED) is 0.150. The zero-order valence-electron chi connectivity index (χ0n) is 25.4. The van der Waals surface area contributed by atoms with Crippen LogP contribution in [0.1, 0.15) is 66.2 Å². The van der Waals surface area contributed by atoms with Gasteiger partial charge in [0.15, 0.2) is 0 Å². The minimum atomic E-state index is -1.38. The second-order valence-corrected chi connectivity index (χ2v) is 11.9. The molecule has 3 rings (SSSR count). The van der Waals surface area contributed by atoms with Gasteiger partial charge in [-0.25, -0.2) is 0 Å². The number of carbonyl (C=O) groups excluding carboxylic acids is 5. The van der Waals surface area contributed by atoms with E-state index in [9.17, 15) is 29.1 Å². The van der Waals surface area contributed by atoms with Crippen LogP contribution >= 0.6 is 0 Å². The molecular formula is C28H47N5O9. The molecule has 5 atom stereocenters. The Balaban J connectivity index is 1.53. The van der Waals surface area contributed by atoms with Gasteiger partial charge in [-0.05, 0) is 59.8 Å². The molecule has 0 spiro atoms. The molecule has 0 radical (unpaired) electrons. The van der Waals surface area contributed by atoms with Crippen LogP contribution in [0.4, 0.5) is 0 Å². The van der Waals surface area contributed by atoms with Gasteiger partial charge in [-0.3, -0.25) is 28.9 Å². The highest BCUT2D eigenvalue weighted by Gasteiger charge is 2.65. The zero-order chi connectivity index (χ0) is 31.2. The Kier molecular flexibility index (Phi) is 11.3. The summed E-state index contributed by atoms with van der Waals surface area (Å²) in [5, 5.41) is 12.8. The number of aliphatic hydroxyl groups excluding tert-OH is 1. The van der Waals surface area contributed by atoms with Gasteiger partial charge in [0.05, 0.1) is 44.6 Å². The van der Waals surface area contributed by atoms with Crippen LogP contribution in [0.15, 0.2) is 0 Å². The molecule has 0 aromatic heterocycles. The van der Waals surface area contributed by atoms with E-state index in [4.69, 9.17) is 19.9 Å². The van der Waals surface area contributed by atoms with E-state index in [2.05, 4.69) is 5.32 Å². The number of likely N-dealkylation sites (N-methyl/N-ethyl adjacent to an activating group) is 1. The lowest BCUT2D eigenvalue weighted by Crippen LogP contribution is -2.55. The molecule has 5 amide bonds. The van der Waals surface area contributed by atoms with Crippen molar-refractivity contribution in [3.63, 3.8) is 0 Å². The van der Waals surface area contributed by atoms with Gasteiger partial charge in [-0.15, -0.1) is 0 Å². The number of ether oxygens (including phenoxy) is 3. The smallest absolute Gasteiger partial charge is 0.279 e. The fourth-order valence-corrected chi connectivity index (χ4v) is 5.77. The largest absolute Gasteiger partial charge is 0.394 e. The number of primary amides is 1. The molecule has 14 heteroatoms. The Labute approximate surface area is 247 Å². The summed E-state index contributed by atoms with van der Waals surface area (Å²) >= 11 is 0. The van der Waals surface area contributed by atoms with Crippen molar-refractivity contribution >= 4 is 29.5 Å². The van der Waals surface area contributed by atoms with Gasteiger partial charge in [0.1, 0.15) is 18.1 Å². The van der Waals surface area contributed by atoms with Gasteiger partial charge in [-0.1, -0.05) is 0 Å². The maximum absolute atomic E-state index is 13.6. The predicted molar refractivity (Wildman–Crippen MR) is 149 cm³/mol. The lowest BCUT2D eigenvalue weighted by Gasteiger charge is -2.33. The molecule has 5 unspecified atom stereocenters. The van der Waals surface area contributed by atoms with Gasteiger partial charge < -0.3 is 40.2 Å². The summed E-state index contributed by atoms with van der Waals surface area (Å²) in [5.74, 6) is -1.89. The van der Waals surface area contributed by atoms with Crippen molar-refractivity contribution in [1.82, 2.24) is 20.0 Å². The van der Waals surface area contributed by atoms with E-state index in [1.807, 2.05) is 13.8 Å². The van der Waals surface area contributed by atoms with E-state index in [1.165, 1.54) is 21.7 Å². The molecule has 3 saturated heterocycles. The number of aliphatic hydroxyl groups is 1. The Morgan fingerprint density at radius 1 is 1.10 bits per heavy atom. The molecule has 14 nitrogen and oxygen atoms in total. The monoisotopic (exact) mass is 597 g/mol. The summed E-state index contributed by atoms with van der Waals surface area (Å²) in [5.41, 5.74) is 3.17. The van der Waals surface area contributed by atoms with Gasteiger partial charge >= 0.3 is 0 Å². The molecule has 4 N–H and O–H groups in total. The highest BCUT2D eigenvalue weighted by atomic mass is 16.6. The third-order valence-electron chi connectivity index (χ3n) is 8.26. The highest BCUT2D eigenvalue weighted by Crippen LogP contribution is 2.39. The lowest BCUT2D eigenvalue weighted by atomic mass is 10.1. The topological polar surface area (TPSA) is 181 Å². The molecule has 0 bridgehead atoms. The molecule has 3 aliphatic rings. The molecule has 0 aromatic carbocycles. The van der Waals surface area contributed by atoms with Crippen LogP contribution in [0.3, 0.4) is 0 Å². The first-order valence-electron chi connectivity index (χ1n) is 14.7. The molecule has 3 fully saturated rings. The van der Waals surface area contributed by atoms with Crippen LogP contribution in [0.25, 0.3) is 0 Å². The first-order chi connectivity index (χ1) is 19.8. The minimum Gasteiger partial charge on any atom is -0.394 e. The Morgan fingerprint density at radius 3 is 2.36 bits per heavy atom. The summed E-state index contributed by atoms with van der Waals surface area (Å²) in [7, 11) is 1.53. The van der Waals surface area contributed by atoms with Gasteiger partial charge in [0, 0.05) is 20.1 Å². The SMILES string of the molecule is CNC(=O)C1CCCN1C(=O)C1CCCN1C(=O)C(CO)N1C(=O)C1(C)OCCC(C)(C)OCCOC(C)CC(N)=O. The first kappa shape index (κ1) is 33.7. The van der Waals surface area contributed by atoms with Crippen LogP contribution in [0, 0.1) is 0 Å². The first-order valence-corrected chi connectivity index (χ1v) is 14.7. The maximum Gasteiger partial charge on any atom is 0.279 e. The molecular weight excluding hydrogens is 550 g/mol. The van der Waals surface area contributed by atoms with Crippen LogP contribution < -0.4 is 11.1 Å². The predicted octanol–water partition coefficient (Wildman–Crippen LogP) is -0.884.